The Kier molecular flexibility index (Phi) is 4.27. The summed E-state index contributed by atoms with van der Waals surface area (Å²) in [5.74, 6) is -0.626. The van der Waals surface area contributed by atoms with Gasteiger partial charge in [-0.15, -0.1) is 5.10 Å². The summed E-state index contributed by atoms with van der Waals surface area (Å²) in [7, 11) is -3.73. The number of benzene rings is 1. The van der Waals surface area contributed by atoms with Crippen LogP contribution in [-0.4, -0.2) is 30.0 Å². The molecule has 1 aromatic carbocycles. The predicted octanol–water partition coefficient (Wildman–Crippen LogP) is 1.16. The van der Waals surface area contributed by atoms with Gasteiger partial charge in [0.2, 0.25) is 10.0 Å². The summed E-state index contributed by atoms with van der Waals surface area (Å²) in [6.45, 7) is 0.488. The molecule has 2 aromatic rings. The number of hydrogen-bond acceptors (Lipinski definition) is 4. The highest BCUT2D eigenvalue weighted by molar-refractivity contribution is 9.10. The summed E-state index contributed by atoms with van der Waals surface area (Å²) in [6.07, 6.45) is 3.12. The Morgan fingerprint density at radius 1 is 1.42 bits per heavy atom. The van der Waals surface area contributed by atoms with Gasteiger partial charge in [-0.1, -0.05) is 5.21 Å². The molecule has 0 spiro atoms. The molecule has 0 bridgehead atoms. The maximum Gasteiger partial charge on any atom is 0.240 e. The average Bonchev–Trinajstić information content (AvgIpc) is 2.85. The highest BCUT2D eigenvalue weighted by Gasteiger charge is 2.15. The largest absolute Gasteiger partial charge is 0.251 e. The lowest BCUT2D eigenvalue weighted by molar-refractivity contribution is 0.551. The lowest BCUT2D eigenvalue weighted by Gasteiger charge is -2.07. The standard InChI is InChI=1S/C10H10BrFN4O2S/c11-9-2-1-8(7-10(9)12)19(17,18)14-4-6-16-5-3-13-15-16/h1-3,5,7,14H,4,6H2. The number of sulfonamides is 1. The van der Waals surface area contributed by atoms with Crippen molar-refractivity contribution in [1.29, 1.82) is 0 Å². The fraction of sp³-hybridized carbons (Fsp3) is 0.200. The predicted molar refractivity (Wildman–Crippen MR) is 69.3 cm³/mol. The third kappa shape index (κ3) is 3.58. The molecule has 0 aliphatic heterocycles. The first-order valence-electron chi connectivity index (χ1n) is 5.28. The van der Waals surface area contributed by atoms with Gasteiger partial charge in [0, 0.05) is 12.7 Å². The van der Waals surface area contributed by atoms with Crippen molar-refractivity contribution < 1.29 is 12.8 Å². The van der Waals surface area contributed by atoms with E-state index >= 15 is 0 Å². The molecular formula is C10H10BrFN4O2S. The van der Waals surface area contributed by atoms with E-state index in [0.717, 1.165) is 6.07 Å². The van der Waals surface area contributed by atoms with Gasteiger partial charge in [0.05, 0.1) is 22.1 Å². The summed E-state index contributed by atoms with van der Waals surface area (Å²) in [5, 5.41) is 7.30. The zero-order valence-corrected chi connectivity index (χ0v) is 12.0. The first-order chi connectivity index (χ1) is 8.99. The molecule has 0 fully saturated rings. The van der Waals surface area contributed by atoms with Crippen LogP contribution in [0.4, 0.5) is 4.39 Å². The third-order valence-corrected chi connectivity index (χ3v) is 4.41. The number of nitrogens with one attached hydrogen (secondary N) is 1. The Hall–Kier alpha value is -1.32. The molecular weight excluding hydrogens is 339 g/mol. The molecule has 0 atom stereocenters. The van der Waals surface area contributed by atoms with Crippen LogP contribution in [0.25, 0.3) is 0 Å². The molecule has 1 heterocycles. The van der Waals surface area contributed by atoms with Gasteiger partial charge in [-0.05, 0) is 34.1 Å². The van der Waals surface area contributed by atoms with Crippen LogP contribution < -0.4 is 4.72 Å². The molecule has 0 amide bonds. The smallest absolute Gasteiger partial charge is 0.240 e. The number of aromatic nitrogens is 3. The van der Waals surface area contributed by atoms with Crippen LogP contribution >= 0.6 is 15.9 Å². The quantitative estimate of drug-likeness (QED) is 0.879. The molecule has 0 radical (unpaired) electrons. The van der Waals surface area contributed by atoms with Crippen LogP contribution in [0.5, 0.6) is 0 Å². The molecule has 102 valence electrons. The molecule has 6 nitrogen and oxygen atoms in total. The minimum atomic E-state index is -3.73. The average molecular weight is 349 g/mol. The van der Waals surface area contributed by atoms with E-state index in [1.54, 1.807) is 6.20 Å². The SMILES string of the molecule is O=S(=O)(NCCn1ccnn1)c1ccc(Br)c(F)c1. The normalized spacial score (nSPS) is 11.7. The molecule has 2 rings (SSSR count). The van der Waals surface area contributed by atoms with E-state index in [4.69, 9.17) is 0 Å². The van der Waals surface area contributed by atoms with Crippen LogP contribution in [0, 0.1) is 5.82 Å². The first kappa shape index (κ1) is 14.1. The van der Waals surface area contributed by atoms with Crippen LogP contribution in [0.3, 0.4) is 0 Å². The zero-order chi connectivity index (χ0) is 13.9. The first-order valence-corrected chi connectivity index (χ1v) is 7.55. The third-order valence-electron chi connectivity index (χ3n) is 2.31. The van der Waals surface area contributed by atoms with E-state index in [1.807, 2.05) is 0 Å². The topological polar surface area (TPSA) is 76.9 Å². The van der Waals surface area contributed by atoms with Gasteiger partial charge in [-0.3, -0.25) is 4.68 Å². The molecule has 0 aliphatic rings. The number of halogens is 2. The van der Waals surface area contributed by atoms with E-state index in [0.29, 0.717) is 6.54 Å². The van der Waals surface area contributed by atoms with E-state index in [2.05, 4.69) is 31.0 Å². The molecule has 19 heavy (non-hydrogen) atoms. The lowest BCUT2D eigenvalue weighted by Crippen LogP contribution is -2.27. The second-order valence-corrected chi connectivity index (χ2v) is 6.26. The Morgan fingerprint density at radius 3 is 2.84 bits per heavy atom. The van der Waals surface area contributed by atoms with Crippen LogP contribution in [-0.2, 0) is 16.6 Å². The molecule has 0 saturated carbocycles. The molecule has 0 saturated heterocycles. The lowest BCUT2D eigenvalue weighted by atomic mass is 10.3. The highest BCUT2D eigenvalue weighted by Crippen LogP contribution is 2.19. The second-order valence-electron chi connectivity index (χ2n) is 3.64. The number of hydrogen-bond donors (Lipinski definition) is 1. The van der Waals surface area contributed by atoms with Gasteiger partial charge in [0.25, 0.3) is 0 Å². The van der Waals surface area contributed by atoms with Gasteiger partial charge in [0.15, 0.2) is 0 Å². The van der Waals surface area contributed by atoms with Crippen LogP contribution in [0.2, 0.25) is 0 Å². The van der Waals surface area contributed by atoms with Crippen molar-refractivity contribution in [3.8, 4) is 0 Å². The summed E-state index contributed by atoms with van der Waals surface area (Å²) in [5.41, 5.74) is 0. The Bertz CT molecular complexity index is 660. The molecule has 1 aromatic heterocycles. The summed E-state index contributed by atoms with van der Waals surface area (Å²) < 4.78 is 41.1. The van der Waals surface area contributed by atoms with Gasteiger partial charge in [0.1, 0.15) is 5.82 Å². The molecule has 1 N–H and O–H groups in total. The van der Waals surface area contributed by atoms with Gasteiger partial charge >= 0.3 is 0 Å². The van der Waals surface area contributed by atoms with Crippen molar-refractivity contribution in [2.24, 2.45) is 0 Å². The van der Waals surface area contributed by atoms with Gasteiger partial charge < -0.3 is 0 Å². The van der Waals surface area contributed by atoms with Gasteiger partial charge in [-0.25, -0.2) is 17.5 Å². The van der Waals surface area contributed by atoms with Crippen molar-refractivity contribution in [1.82, 2.24) is 19.7 Å². The van der Waals surface area contributed by atoms with E-state index in [9.17, 15) is 12.8 Å². The Morgan fingerprint density at radius 2 is 2.21 bits per heavy atom. The highest BCUT2D eigenvalue weighted by atomic mass is 79.9. The number of rotatable bonds is 5. The minimum absolute atomic E-state index is 0.119. The fourth-order valence-electron chi connectivity index (χ4n) is 1.37. The number of nitrogens with zero attached hydrogens (tertiary/aromatic N) is 3. The second kappa shape index (κ2) is 5.76. The van der Waals surface area contributed by atoms with E-state index in [-0.39, 0.29) is 15.9 Å². The van der Waals surface area contributed by atoms with Crippen molar-refractivity contribution in [3.05, 3.63) is 40.9 Å². The van der Waals surface area contributed by atoms with E-state index in [1.165, 1.54) is 23.0 Å². The van der Waals surface area contributed by atoms with Gasteiger partial charge in [-0.2, -0.15) is 0 Å². The fourth-order valence-corrected chi connectivity index (χ4v) is 2.65. The van der Waals surface area contributed by atoms with Crippen LogP contribution in [0.15, 0.2) is 40.0 Å². The Balaban J connectivity index is 2.03. The Labute approximate surface area is 117 Å². The zero-order valence-electron chi connectivity index (χ0n) is 9.62. The van der Waals surface area contributed by atoms with Crippen molar-refractivity contribution >= 4 is 26.0 Å². The minimum Gasteiger partial charge on any atom is -0.251 e. The maximum atomic E-state index is 13.3. The molecule has 0 unspecified atom stereocenters. The van der Waals surface area contributed by atoms with E-state index < -0.39 is 15.8 Å². The molecule has 9 heteroatoms. The van der Waals surface area contributed by atoms with Crippen molar-refractivity contribution in [2.45, 2.75) is 11.4 Å². The van der Waals surface area contributed by atoms with Crippen molar-refractivity contribution in [3.63, 3.8) is 0 Å². The summed E-state index contributed by atoms with van der Waals surface area (Å²) in [6, 6.07) is 3.63. The summed E-state index contributed by atoms with van der Waals surface area (Å²) in [4.78, 5) is -0.119. The van der Waals surface area contributed by atoms with Crippen LogP contribution in [0.1, 0.15) is 0 Å². The summed E-state index contributed by atoms with van der Waals surface area (Å²) >= 11 is 2.97. The van der Waals surface area contributed by atoms with Crippen molar-refractivity contribution in [2.75, 3.05) is 6.54 Å². The maximum absolute atomic E-state index is 13.3. The monoisotopic (exact) mass is 348 g/mol. The molecule has 0 aliphatic carbocycles.